The number of carbonyl (C=O) groups excluding carboxylic acids is 2. The molecule has 0 spiro atoms. The molecule has 0 radical (unpaired) electrons. The first kappa shape index (κ1) is 18.5. The summed E-state index contributed by atoms with van der Waals surface area (Å²) >= 11 is 1.62. The van der Waals surface area contributed by atoms with Crippen molar-refractivity contribution in [2.45, 2.75) is 19.9 Å². The first-order chi connectivity index (χ1) is 12.6. The number of rotatable bonds is 5. The zero-order valence-corrected chi connectivity index (χ0v) is 16.0. The maximum absolute atomic E-state index is 12.9. The lowest BCUT2D eigenvalue weighted by molar-refractivity contribution is -0.124. The highest BCUT2D eigenvalue weighted by atomic mass is 32.2. The maximum atomic E-state index is 12.9. The van der Waals surface area contributed by atoms with E-state index in [-0.39, 0.29) is 17.9 Å². The monoisotopic (exact) mass is 368 g/mol. The molecule has 0 aliphatic carbocycles. The number of amides is 2. The fraction of sp³-hybridized carbons (Fsp3) is 0.333. The highest BCUT2D eigenvalue weighted by molar-refractivity contribution is 7.99. The smallest absolute Gasteiger partial charge is 0.255 e. The molecular formula is C21H24N2O2S. The van der Waals surface area contributed by atoms with Gasteiger partial charge in [0.25, 0.3) is 5.91 Å². The van der Waals surface area contributed by atoms with Crippen LogP contribution in [0.3, 0.4) is 0 Å². The molecule has 1 aliphatic rings. The molecule has 1 N–H and O–H groups in total. The Morgan fingerprint density at radius 3 is 2.38 bits per heavy atom. The molecule has 3 rings (SSSR count). The molecule has 2 aromatic rings. The predicted molar refractivity (Wildman–Crippen MR) is 107 cm³/mol. The molecule has 5 heteroatoms. The number of hydrogen-bond acceptors (Lipinski definition) is 3. The summed E-state index contributed by atoms with van der Waals surface area (Å²) in [4.78, 5) is 27.0. The van der Waals surface area contributed by atoms with Crippen molar-refractivity contribution < 1.29 is 9.59 Å². The normalized spacial score (nSPS) is 16.7. The van der Waals surface area contributed by atoms with Crippen LogP contribution in [0.4, 0.5) is 0 Å². The van der Waals surface area contributed by atoms with Crippen LogP contribution in [0, 0.1) is 5.92 Å². The zero-order valence-electron chi connectivity index (χ0n) is 15.1. The van der Waals surface area contributed by atoms with Crippen molar-refractivity contribution in [3.63, 3.8) is 0 Å². The summed E-state index contributed by atoms with van der Waals surface area (Å²) in [7, 11) is 0. The van der Waals surface area contributed by atoms with E-state index >= 15 is 0 Å². The van der Waals surface area contributed by atoms with E-state index < -0.39 is 0 Å². The van der Waals surface area contributed by atoms with Gasteiger partial charge >= 0.3 is 0 Å². The predicted octanol–water partition coefficient (Wildman–Crippen LogP) is 3.64. The molecule has 26 heavy (non-hydrogen) atoms. The summed E-state index contributed by atoms with van der Waals surface area (Å²) in [6.45, 7) is 4.75. The Hall–Kier alpha value is -2.27. The summed E-state index contributed by atoms with van der Waals surface area (Å²) in [5.74, 6) is 1.46. The van der Waals surface area contributed by atoms with Crippen molar-refractivity contribution in [2.24, 2.45) is 5.92 Å². The highest BCUT2D eigenvalue weighted by Crippen LogP contribution is 2.25. The van der Waals surface area contributed by atoms with Crippen molar-refractivity contribution in [3.8, 4) is 11.1 Å². The van der Waals surface area contributed by atoms with Gasteiger partial charge in [-0.1, -0.05) is 56.3 Å². The van der Waals surface area contributed by atoms with Crippen LogP contribution in [0.25, 0.3) is 11.1 Å². The second-order valence-corrected chi connectivity index (χ2v) is 7.87. The van der Waals surface area contributed by atoms with E-state index in [0.29, 0.717) is 29.7 Å². The molecule has 1 saturated heterocycles. The molecule has 136 valence electrons. The van der Waals surface area contributed by atoms with Crippen molar-refractivity contribution in [1.29, 1.82) is 0 Å². The minimum atomic E-state index is -0.389. The van der Waals surface area contributed by atoms with Gasteiger partial charge in [-0.2, -0.15) is 0 Å². The fourth-order valence-corrected chi connectivity index (χ4v) is 4.04. The van der Waals surface area contributed by atoms with Gasteiger partial charge in [0.15, 0.2) is 0 Å². The maximum Gasteiger partial charge on any atom is 0.255 e. The summed E-state index contributed by atoms with van der Waals surface area (Å²) in [5, 5.41) is 2.94. The van der Waals surface area contributed by atoms with Gasteiger partial charge in [-0.3, -0.25) is 9.59 Å². The molecule has 0 saturated carbocycles. The van der Waals surface area contributed by atoms with Crippen molar-refractivity contribution in [2.75, 3.05) is 18.2 Å². The Kier molecular flexibility index (Phi) is 5.99. The Morgan fingerprint density at radius 2 is 1.73 bits per heavy atom. The van der Waals surface area contributed by atoms with Gasteiger partial charge < -0.3 is 10.2 Å². The van der Waals surface area contributed by atoms with Crippen molar-refractivity contribution in [1.82, 2.24) is 10.2 Å². The fourth-order valence-electron chi connectivity index (χ4n) is 2.88. The van der Waals surface area contributed by atoms with E-state index in [1.807, 2.05) is 54.6 Å². The molecule has 1 aliphatic heterocycles. The third-order valence-corrected chi connectivity index (χ3v) is 5.38. The molecule has 1 heterocycles. The zero-order chi connectivity index (χ0) is 18.5. The number of thioether (sulfide) groups is 1. The van der Waals surface area contributed by atoms with Crippen LogP contribution >= 0.6 is 11.8 Å². The largest absolute Gasteiger partial charge is 0.354 e. The van der Waals surface area contributed by atoms with Crippen LogP contribution in [-0.2, 0) is 4.79 Å². The molecule has 0 bridgehead atoms. The quantitative estimate of drug-likeness (QED) is 0.877. The van der Waals surface area contributed by atoms with Crippen LogP contribution in [0.15, 0.2) is 54.6 Å². The number of hydrogen-bond donors (Lipinski definition) is 1. The van der Waals surface area contributed by atoms with Gasteiger partial charge in [-0.25, -0.2) is 0 Å². The number of carbonyl (C=O) groups is 2. The lowest BCUT2D eigenvalue weighted by atomic mass is 10.0. The van der Waals surface area contributed by atoms with Crippen molar-refractivity contribution in [3.05, 3.63) is 60.2 Å². The Bertz CT molecular complexity index is 759. The SMILES string of the molecule is CC(C)CNC(=O)C1CSCN1C(=O)c1ccc(-c2ccccc2)cc1. The Balaban J connectivity index is 1.71. The highest BCUT2D eigenvalue weighted by Gasteiger charge is 2.34. The molecule has 2 aromatic carbocycles. The van der Waals surface area contributed by atoms with Gasteiger partial charge in [0, 0.05) is 17.9 Å². The van der Waals surface area contributed by atoms with E-state index in [9.17, 15) is 9.59 Å². The minimum Gasteiger partial charge on any atom is -0.354 e. The lowest BCUT2D eigenvalue weighted by Gasteiger charge is -2.23. The van der Waals surface area contributed by atoms with Crippen LogP contribution in [0.1, 0.15) is 24.2 Å². The number of benzene rings is 2. The molecule has 1 unspecified atom stereocenters. The third-order valence-electron chi connectivity index (χ3n) is 4.37. The van der Waals surface area contributed by atoms with Gasteiger partial charge in [0.2, 0.25) is 5.91 Å². The average molecular weight is 369 g/mol. The van der Waals surface area contributed by atoms with Crippen LogP contribution in [0.5, 0.6) is 0 Å². The third kappa shape index (κ3) is 4.28. The summed E-state index contributed by atoms with van der Waals surface area (Å²) in [6.07, 6.45) is 0. The van der Waals surface area contributed by atoms with Crippen LogP contribution < -0.4 is 5.32 Å². The van der Waals surface area contributed by atoms with E-state index in [4.69, 9.17) is 0 Å². The molecule has 0 aromatic heterocycles. The van der Waals surface area contributed by atoms with E-state index in [1.165, 1.54) is 0 Å². The number of nitrogens with zero attached hydrogens (tertiary/aromatic N) is 1. The minimum absolute atomic E-state index is 0.0574. The molecular weight excluding hydrogens is 344 g/mol. The first-order valence-electron chi connectivity index (χ1n) is 8.88. The summed E-state index contributed by atoms with van der Waals surface area (Å²) in [6, 6.07) is 17.3. The van der Waals surface area contributed by atoms with Crippen LogP contribution in [-0.4, -0.2) is 40.9 Å². The van der Waals surface area contributed by atoms with Gasteiger partial charge in [-0.15, -0.1) is 11.8 Å². The van der Waals surface area contributed by atoms with Gasteiger partial charge in [0.1, 0.15) is 6.04 Å². The second-order valence-electron chi connectivity index (χ2n) is 6.87. The number of nitrogens with one attached hydrogen (secondary N) is 1. The van der Waals surface area contributed by atoms with E-state index in [1.54, 1.807) is 16.7 Å². The average Bonchev–Trinajstić information content (AvgIpc) is 3.16. The van der Waals surface area contributed by atoms with Gasteiger partial charge in [0.05, 0.1) is 5.88 Å². The van der Waals surface area contributed by atoms with Gasteiger partial charge in [-0.05, 0) is 29.2 Å². The molecule has 2 amide bonds. The second kappa shape index (κ2) is 8.41. The first-order valence-corrected chi connectivity index (χ1v) is 10.0. The topological polar surface area (TPSA) is 49.4 Å². The molecule has 4 nitrogen and oxygen atoms in total. The van der Waals surface area contributed by atoms with E-state index in [2.05, 4.69) is 19.2 Å². The summed E-state index contributed by atoms with van der Waals surface area (Å²) < 4.78 is 0. The van der Waals surface area contributed by atoms with Crippen molar-refractivity contribution >= 4 is 23.6 Å². The summed E-state index contributed by atoms with van der Waals surface area (Å²) in [5.41, 5.74) is 2.81. The standard InChI is InChI=1S/C21H24N2O2S/c1-15(2)12-22-20(24)19-13-26-14-23(19)21(25)18-10-8-17(9-11-18)16-6-4-3-5-7-16/h3-11,15,19H,12-14H2,1-2H3,(H,22,24). The lowest BCUT2D eigenvalue weighted by Crippen LogP contribution is -2.47. The molecule has 1 atom stereocenters. The van der Waals surface area contributed by atoms with Crippen LogP contribution in [0.2, 0.25) is 0 Å². The Morgan fingerprint density at radius 1 is 1.08 bits per heavy atom. The molecule has 1 fully saturated rings. The Labute approximate surface area is 159 Å². The van der Waals surface area contributed by atoms with E-state index in [0.717, 1.165) is 11.1 Å².